The summed E-state index contributed by atoms with van der Waals surface area (Å²) < 4.78 is 29.0. The normalized spacial score (nSPS) is 18.0. The maximum atomic E-state index is 13.3. The van der Waals surface area contributed by atoms with Crippen molar-refractivity contribution < 1.29 is 33.3 Å². The van der Waals surface area contributed by atoms with Gasteiger partial charge in [0, 0.05) is 19.2 Å². The summed E-state index contributed by atoms with van der Waals surface area (Å²) in [5.41, 5.74) is 0.688. The fraction of sp³-hybridized carbons (Fsp3) is 0.273. The van der Waals surface area contributed by atoms with Gasteiger partial charge in [-0.05, 0) is 42.0 Å². The number of rotatable bonds is 7. The Kier molecular flexibility index (Phi) is 6.37. The SMILES string of the molecule is COCCN1C(=O)C(=O)/C(=C(\O)c2ccc(F)cc2)C1c1ccc(OC)c(OC)c1. The molecule has 0 aliphatic carbocycles. The highest BCUT2D eigenvalue weighted by molar-refractivity contribution is 6.46. The van der Waals surface area contributed by atoms with Gasteiger partial charge in [0.2, 0.25) is 0 Å². The Morgan fingerprint density at radius 2 is 1.70 bits per heavy atom. The minimum atomic E-state index is -0.870. The maximum absolute atomic E-state index is 13.3. The molecule has 1 aliphatic heterocycles. The predicted octanol–water partition coefficient (Wildman–Crippen LogP) is 2.91. The third kappa shape index (κ3) is 3.86. The molecule has 1 fully saturated rings. The number of carbonyl (C=O) groups excluding carboxylic acids is 2. The van der Waals surface area contributed by atoms with Crippen molar-refractivity contribution in [2.45, 2.75) is 6.04 Å². The topological polar surface area (TPSA) is 85.3 Å². The summed E-state index contributed by atoms with van der Waals surface area (Å²) in [6.07, 6.45) is 0. The Balaban J connectivity index is 2.18. The molecule has 1 amide bonds. The average Bonchev–Trinajstić information content (AvgIpc) is 3.01. The van der Waals surface area contributed by atoms with Gasteiger partial charge < -0.3 is 24.2 Å². The number of aliphatic hydroxyl groups is 1. The average molecular weight is 415 g/mol. The van der Waals surface area contributed by atoms with E-state index in [4.69, 9.17) is 14.2 Å². The van der Waals surface area contributed by atoms with Gasteiger partial charge in [0.15, 0.2) is 11.5 Å². The van der Waals surface area contributed by atoms with Crippen LogP contribution in [0.4, 0.5) is 4.39 Å². The molecule has 1 unspecified atom stereocenters. The van der Waals surface area contributed by atoms with Crippen LogP contribution in [0.25, 0.3) is 5.76 Å². The van der Waals surface area contributed by atoms with E-state index >= 15 is 0 Å². The molecular weight excluding hydrogens is 393 g/mol. The van der Waals surface area contributed by atoms with Crippen molar-refractivity contribution in [3.63, 3.8) is 0 Å². The summed E-state index contributed by atoms with van der Waals surface area (Å²) >= 11 is 0. The lowest BCUT2D eigenvalue weighted by Gasteiger charge is -2.25. The monoisotopic (exact) mass is 415 g/mol. The number of ether oxygens (including phenoxy) is 3. The van der Waals surface area contributed by atoms with Crippen LogP contribution in [0.1, 0.15) is 17.2 Å². The third-order valence-electron chi connectivity index (χ3n) is 4.92. The van der Waals surface area contributed by atoms with Crippen LogP contribution in [0.15, 0.2) is 48.0 Å². The van der Waals surface area contributed by atoms with E-state index in [2.05, 4.69) is 0 Å². The van der Waals surface area contributed by atoms with Crippen LogP contribution in [-0.2, 0) is 14.3 Å². The van der Waals surface area contributed by atoms with Gasteiger partial charge in [-0.2, -0.15) is 0 Å². The number of ketones is 1. The Bertz CT molecular complexity index is 986. The van der Waals surface area contributed by atoms with E-state index in [0.717, 1.165) is 0 Å². The van der Waals surface area contributed by atoms with E-state index in [0.29, 0.717) is 17.1 Å². The molecule has 2 aromatic carbocycles. The number of benzene rings is 2. The summed E-state index contributed by atoms with van der Waals surface area (Å²) in [7, 11) is 4.46. The van der Waals surface area contributed by atoms with E-state index in [1.54, 1.807) is 18.2 Å². The van der Waals surface area contributed by atoms with Crippen LogP contribution in [0.3, 0.4) is 0 Å². The van der Waals surface area contributed by atoms with Crippen LogP contribution >= 0.6 is 0 Å². The molecule has 2 aromatic rings. The quantitative estimate of drug-likeness (QED) is 0.425. The summed E-state index contributed by atoms with van der Waals surface area (Å²) in [6, 6.07) is 9.15. The highest BCUT2D eigenvalue weighted by Gasteiger charge is 2.46. The maximum Gasteiger partial charge on any atom is 0.295 e. The fourth-order valence-corrected chi connectivity index (χ4v) is 3.43. The van der Waals surface area contributed by atoms with Gasteiger partial charge in [-0.15, -0.1) is 0 Å². The molecule has 30 heavy (non-hydrogen) atoms. The number of amides is 1. The first kappa shape index (κ1) is 21.3. The predicted molar refractivity (Wildman–Crippen MR) is 107 cm³/mol. The van der Waals surface area contributed by atoms with E-state index in [-0.39, 0.29) is 30.0 Å². The fourth-order valence-electron chi connectivity index (χ4n) is 3.43. The van der Waals surface area contributed by atoms with E-state index in [9.17, 15) is 19.1 Å². The molecule has 1 atom stereocenters. The molecule has 0 saturated carbocycles. The van der Waals surface area contributed by atoms with Crippen LogP contribution in [0.5, 0.6) is 11.5 Å². The molecule has 1 N–H and O–H groups in total. The zero-order valence-corrected chi connectivity index (χ0v) is 16.8. The first-order chi connectivity index (χ1) is 14.4. The number of halogens is 1. The number of hydrogen-bond acceptors (Lipinski definition) is 6. The lowest BCUT2D eigenvalue weighted by molar-refractivity contribution is -0.140. The first-order valence-corrected chi connectivity index (χ1v) is 9.18. The first-order valence-electron chi connectivity index (χ1n) is 9.18. The summed E-state index contributed by atoms with van der Waals surface area (Å²) in [4.78, 5) is 26.9. The van der Waals surface area contributed by atoms with Crippen molar-refractivity contribution in [1.82, 2.24) is 4.90 Å². The van der Waals surface area contributed by atoms with Gasteiger partial charge >= 0.3 is 0 Å². The Morgan fingerprint density at radius 1 is 1.03 bits per heavy atom. The Hall–Kier alpha value is -3.39. The molecule has 1 aliphatic rings. The van der Waals surface area contributed by atoms with Crippen LogP contribution in [0, 0.1) is 5.82 Å². The lowest BCUT2D eigenvalue weighted by Crippen LogP contribution is -2.32. The molecule has 0 aromatic heterocycles. The van der Waals surface area contributed by atoms with Crippen molar-refractivity contribution >= 4 is 17.4 Å². The minimum absolute atomic E-state index is 0.0880. The molecule has 0 bridgehead atoms. The van der Waals surface area contributed by atoms with Gasteiger partial charge in [-0.1, -0.05) is 6.07 Å². The van der Waals surface area contributed by atoms with E-state index in [1.807, 2.05) is 0 Å². The van der Waals surface area contributed by atoms with Gasteiger partial charge in [-0.3, -0.25) is 9.59 Å². The molecule has 0 spiro atoms. The standard InChI is InChI=1S/C22H22FNO6/c1-28-11-10-24-19(14-6-9-16(29-2)17(12-14)30-3)18(21(26)22(24)27)20(25)13-4-7-15(23)8-5-13/h4-9,12,19,25H,10-11H2,1-3H3/b20-18-. The summed E-state index contributed by atoms with van der Waals surface area (Å²) in [5.74, 6) is -1.55. The number of likely N-dealkylation sites (tertiary alicyclic amines) is 1. The molecular formula is C22H22FNO6. The van der Waals surface area contributed by atoms with E-state index in [1.165, 1.54) is 50.5 Å². The van der Waals surface area contributed by atoms with Crippen molar-refractivity contribution in [3.05, 3.63) is 65.0 Å². The zero-order valence-electron chi connectivity index (χ0n) is 16.8. The molecule has 3 rings (SSSR count). The van der Waals surface area contributed by atoms with Crippen molar-refractivity contribution in [3.8, 4) is 11.5 Å². The number of carbonyl (C=O) groups is 2. The molecule has 8 heteroatoms. The third-order valence-corrected chi connectivity index (χ3v) is 4.92. The smallest absolute Gasteiger partial charge is 0.295 e. The van der Waals surface area contributed by atoms with E-state index < -0.39 is 23.5 Å². The van der Waals surface area contributed by atoms with Crippen LogP contribution < -0.4 is 9.47 Å². The minimum Gasteiger partial charge on any atom is -0.507 e. The largest absolute Gasteiger partial charge is 0.507 e. The highest BCUT2D eigenvalue weighted by atomic mass is 19.1. The van der Waals surface area contributed by atoms with Crippen molar-refractivity contribution in [2.24, 2.45) is 0 Å². The highest BCUT2D eigenvalue weighted by Crippen LogP contribution is 2.41. The number of nitrogens with zero attached hydrogens (tertiary/aromatic N) is 1. The van der Waals surface area contributed by atoms with Gasteiger partial charge in [0.05, 0.1) is 32.4 Å². The molecule has 1 heterocycles. The van der Waals surface area contributed by atoms with Crippen molar-refractivity contribution in [1.29, 1.82) is 0 Å². The van der Waals surface area contributed by atoms with Crippen molar-refractivity contribution in [2.75, 3.05) is 34.5 Å². The second-order valence-corrected chi connectivity index (χ2v) is 6.61. The van der Waals surface area contributed by atoms with Gasteiger partial charge in [-0.25, -0.2) is 4.39 Å². The number of methoxy groups -OCH3 is 3. The molecule has 0 radical (unpaired) electrons. The molecule has 158 valence electrons. The molecule has 7 nitrogen and oxygen atoms in total. The second kappa shape index (κ2) is 8.96. The van der Waals surface area contributed by atoms with Crippen LogP contribution in [-0.4, -0.2) is 56.2 Å². The number of aliphatic hydroxyl groups excluding tert-OH is 1. The number of hydrogen-bond donors (Lipinski definition) is 1. The number of Topliss-reactive ketones (excluding diaryl/α,β-unsaturated/α-hetero) is 1. The second-order valence-electron chi connectivity index (χ2n) is 6.61. The van der Waals surface area contributed by atoms with Gasteiger partial charge in [0.1, 0.15) is 11.6 Å². The lowest BCUT2D eigenvalue weighted by atomic mass is 9.95. The summed E-state index contributed by atoms with van der Waals surface area (Å²) in [6.45, 7) is 0.341. The summed E-state index contributed by atoms with van der Waals surface area (Å²) in [5, 5.41) is 10.9. The molecule has 1 saturated heterocycles. The Labute approximate surface area is 173 Å². The van der Waals surface area contributed by atoms with Crippen LogP contribution in [0.2, 0.25) is 0 Å². The zero-order chi connectivity index (χ0) is 21.8. The Morgan fingerprint density at radius 3 is 2.30 bits per heavy atom. The van der Waals surface area contributed by atoms with Gasteiger partial charge in [0.25, 0.3) is 11.7 Å².